The monoisotopic (exact) mass is 262 g/mol. The molecule has 0 aliphatic carbocycles. The Kier molecular flexibility index (Phi) is 3.46. The van der Waals surface area contributed by atoms with E-state index in [1.54, 1.807) is 19.1 Å². The van der Waals surface area contributed by atoms with Crippen molar-refractivity contribution >= 4 is 17.6 Å². The summed E-state index contributed by atoms with van der Waals surface area (Å²) in [5.41, 5.74) is 5.76. The molecule has 1 unspecified atom stereocenters. The van der Waals surface area contributed by atoms with E-state index >= 15 is 0 Å². The fourth-order valence-electron chi connectivity index (χ4n) is 2.58. The minimum absolute atomic E-state index is 0.395. The smallest absolute Gasteiger partial charge is 0.311 e. The van der Waals surface area contributed by atoms with Crippen LogP contribution in [0, 0.1) is 5.41 Å². The lowest BCUT2D eigenvalue weighted by Gasteiger charge is -2.39. The van der Waals surface area contributed by atoms with Gasteiger partial charge in [0.05, 0.1) is 11.0 Å². The van der Waals surface area contributed by atoms with Crippen molar-refractivity contribution in [2.24, 2.45) is 11.1 Å². The number of carboxylic acid groups (broad SMARTS) is 1. The molecule has 0 aromatic heterocycles. The lowest BCUT2D eigenvalue weighted by molar-refractivity contribution is -0.148. The second-order valence-electron chi connectivity index (χ2n) is 5.27. The third kappa shape index (κ3) is 2.54. The Labute approximate surface area is 112 Å². The lowest BCUT2D eigenvalue weighted by Crippen LogP contribution is -2.46. The van der Waals surface area contributed by atoms with Crippen LogP contribution >= 0.6 is 0 Å². The molecule has 0 spiro atoms. The van der Waals surface area contributed by atoms with Crippen molar-refractivity contribution in [2.45, 2.75) is 19.8 Å². The molecule has 1 aromatic carbocycles. The van der Waals surface area contributed by atoms with E-state index in [1.165, 1.54) is 0 Å². The van der Waals surface area contributed by atoms with Crippen molar-refractivity contribution in [1.29, 1.82) is 0 Å². The number of benzene rings is 1. The van der Waals surface area contributed by atoms with Crippen LogP contribution in [0.15, 0.2) is 24.3 Å². The number of anilines is 1. The molecule has 19 heavy (non-hydrogen) atoms. The molecule has 1 aliphatic heterocycles. The number of hydrogen-bond acceptors (Lipinski definition) is 3. The van der Waals surface area contributed by atoms with E-state index in [9.17, 15) is 14.7 Å². The Bertz CT molecular complexity index is 515. The van der Waals surface area contributed by atoms with Gasteiger partial charge in [-0.2, -0.15) is 0 Å². The molecule has 5 nitrogen and oxygen atoms in total. The maximum absolute atomic E-state index is 11.4. The molecule has 0 bridgehead atoms. The number of para-hydroxylation sites is 1. The summed E-state index contributed by atoms with van der Waals surface area (Å²) in [5.74, 6) is -1.29. The molecule has 0 saturated carbocycles. The van der Waals surface area contributed by atoms with Gasteiger partial charge in [-0.3, -0.25) is 9.59 Å². The van der Waals surface area contributed by atoms with Crippen molar-refractivity contribution in [1.82, 2.24) is 0 Å². The summed E-state index contributed by atoms with van der Waals surface area (Å²) in [7, 11) is 0. The van der Waals surface area contributed by atoms with Crippen molar-refractivity contribution < 1.29 is 14.7 Å². The Morgan fingerprint density at radius 1 is 1.37 bits per heavy atom. The maximum atomic E-state index is 11.4. The van der Waals surface area contributed by atoms with Gasteiger partial charge in [0.25, 0.3) is 5.91 Å². The third-order valence-corrected chi connectivity index (χ3v) is 3.72. The first-order valence-electron chi connectivity index (χ1n) is 6.31. The van der Waals surface area contributed by atoms with Gasteiger partial charge in [0.15, 0.2) is 0 Å². The van der Waals surface area contributed by atoms with Crippen molar-refractivity contribution in [3.63, 3.8) is 0 Å². The number of carboxylic acids is 1. The van der Waals surface area contributed by atoms with Crippen LogP contribution in [0.5, 0.6) is 0 Å². The minimum atomic E-state index is -0.797. The van der Waals surface area contributed by atoms with Gasteiger partial charge in [0, 0.05) is 18.8 Å². The molecular formula is C14H18N2O3. The van der Waals surface area contributed by atoms with Crippen LogP contribution in [0.1, 0.15) is 30.1 Å². The highest BCUT2D eigenvalue weighted by Gasteiger charge is 2.38. The highest BCUT2D eigenvalue weighted by Crippen LogP contribution is 2.33. The highest BCUT2D eigenvalue weighted by molar-refractivity contribution is 5.98. The van der Waals surface area contributed by atoms with E-state index in [1.807, 2.05) is 17.0 Å². The molecule has 3 N–H and O–H groups in total. The van der Waals surface area contributed by atoms with Crippen LogP contribution in [0.25, 0.3) is 0 Å². The number of piperidine rings is 1. The number of rotatable bonds is 3. The molecule has 1 aromatic rings. The molecule has 1 saturated heterocycles. The molecule has 1 fully saturated rings. The van der Waals surface area contributed by atoms with Gasteiger partial charge in [-0.25, -0.2) is 0 Å². The quantitative estimate of drug-likeness (QED) is 0.864. The summed E-state index contributed by atoms with van der Waals surface area (Å²) in [6.45, 7) is 2.88. The van der Waals surface area contributed by atoms with E-state index in [4.69, 9.17) is 5.73 Å². The zero-order valence-electron chi connectivity index (χ0n) is 10.9. The number of nitrogens with two attached hydrogens (primary N) is 1. The SMILES string of the molecule is CC1(C(=O)O)CCCN(c2ccccc2C(N)=O)C1. The van der Waals surface area contributed by atoms with E-state index in [0.717, 1.165) is 18.7 Å². The van der Waals surface area contributed by atoms with Gasteiger partial charge in [-0.05, 0) is 31.9 Å². The molecule has 5 heteroatoms. The molecule has 1 aliphatic rings. The first-order valence-corrected chi connectivity index (χ1v) is 6.31. The number of hydrogen-bond donors (Lipinski definition) is 2. The van der Waals surface area contributed by atoms with E-state index < -0.39 is 17.3 Å². The number of nitrogens with zero attached hydrogens (tertiary/aromatic N) is 1. The fourth-order valence-corrected chi connectivity index (χ4v) is 2.58. The highest BCUT2D eigenvalue weighted by atomic mass is 16.4. The number of primary amides is 1. The summed E-state index contributed by atoms with van der Waals surface area (Å²) in [4.78, 5) is 24.7. The van der Waals surface area contributed by atoms with Crippen LogP contribution in [0.3, 0.4) is 0 Å². The summed E-state index contributed by atoms with van der Waals surface area (Å²) in [5, 5.41) is 9.32. The predicted molar refractivity (Wildman–Crippen MR) is 72.1 cm³/mol. The molecule has 1 heterocycles. The van der Waals surface area contributed by atoms with Crippen molar-refractivity contribution in [3.05, 3.63) is 29.8 Å². The Morgan fingerprint density at radius 3 is 2.68 bits per heavy atom. The number of carbonyl (C=O) groups excluding carboxylic acids is 1. The maximum Gasteiger partial charge on any atom is 0.311 e. The number of carbonyl (C=O) groups is 2. The van der Waals surface area contributed by atoms with Gasteiger partial charge in [-0.15, -0.1) is 0 Å². The standard InChI is InChI=1S/C14H18N2O3/c1-14(13(18)19)7-4-8-16(9-14)11-6-3-2-5-10(11)12(15)17/h2-3,5-6H,4,7-9H2,1H3,(H2,15,17)(H,18,19). The van der Waals surface area contributed by atoms with Crippen LogP contribution in [0.4, 0.5) is 5.69 Å². The summed E-state index contributed by atoms with van der Waals surface area (Å²) < 4.78 is 0. The number of amides is 1. The van der Waals surface area contributed by atoms with Crippen LogP contribution in [-0.4, -0.2) is 30.1 Å². The van der Waals surface area contributed by atoms with Crippen molar-refractivity contribution in [2.75, 3.05) is 18.0 Å². The largest absolute Gasteiger partial charge is 0.481 e. The molecule has 1 amide bonds. The lowest BCUT2D eigenvalue weighted by atomic mass is 9.81. The molecule has 0 radical (unpaired) electrons. The first-order chi connectivity index (χ1) is 8.94. The van der Waals surface area contributed by atoms with Gasteiger partial charge in [0.2, 0.25) is 0 Å². The second-order valence-corrected chi connectivity index (χ2v) is 5.27. The average molecular weight is 262 g/mol. The molecule has 2 rings (SSSR count). The zero-order valence-corrected chi connectivity index (χ0v) is 10.9. The summed E-state index contributed by atoms with van der Waals surface area (Å²) in [6.07, 6.45) is 1.44. The fraction of sp³-hybridized carbons (Fsp3) is 0.429. The van der Waals surface area contributed by atoms with Gasteiger partial charge >= 0.3 is 5.97 Å². The molecule has 1 atom stereocenters. The normalized spacial score (nSPS) is 23.1. The van der Waals surface area contributed by atoms with Gasteiger partial charge in [0.1, 0.15) is 0 Å². The molecule has 102 valence electrons. The average Bonchev–Trinajstić information content (AvgIpc) is 2.38. The van der Waals surface area contributed by atoms with Crippen LogP contribution in [0.2, 0.25) is 0 Å². The second kappa shape index (κ2) is 4.91. The topological polar surface area (TPSA) is 83.6 Å². The zero-order chi connectivity index (χ0) is 14.0. The summed E-state index contributed by atoms with van der Waals surface area (Å²) >= 11 is 0. The first kappa shape index (κ1) is 13.4. The predicted octanol–water partition coefficient (Wildman–Crippen LogP) is 1.48. The van der Waals surface area contributed by atoms with Crippen LogP contribution in [-0.2, 0) is 4.79 Å². The van der Waals surface area contributed by atoms with Gasteiger partial charge in [-0.1, -0.05) is 12.1 Å². The number of aliphatic carboxylic acids is 1. The van der Waals surface area contributed by atoms with E-state index in [0.29, 0.717) is 18.5 Å². The van der Waals surface area contributed by atoms with Crippen LogP contribution < -0.4 is 10.6 Å². The Morgan fingerprint density at radius 2 is 2.05 bits per heavy atom. The molecular weight excluding hydrogens is 244 g/mol. The van der Waals surface area contributed by atoms with E-state index in [-0.39, 0.29) is 0 Å². The van der Waals surface area contributed by atoms with Crippen molar-refractivity contribution in [3.8, 4) is 0 Å². The van der Waals surface area contributed by atoms with E-state index in [2.05, 4.69) is 0 Å². The minimum Gasteiger partial charge on any atom is -0.481 e. The third-order valence-electron chi connectivity index (χ3n) is 3.72. The Hall–Kier alpha value is -2.04. The Balaban J connectivity index is 2.32. The van der Waals surface area contributed by atoms with Gasteiger partial charge < -0.3 is 15.7 Å². The summed E-state index contributed by atoms with van der Waals surface area (Å²) in [6, 6.07) is 7.07.